The molecule has 2 fully saturated rings. The largest absolute Gasteiger partial charge is 0.379 e. The Bertz CT molecular complexity index is 578. The maximum Gasteiger partial charge on any atom is 0.292 e. The highest BCUT2D eigenvalue weighted by Gasteiger charge is 2.37. The number of nitro groups is 1. The average molecular weight is 318 g/mol. The van der Waals surface area contributed by atoms with Crippen molar-refractivity contribution < 1.29 is 9.72 Å². The van der Waals surface area contributed by atoms with Gasteiger partial charge in [0, 0.05) is 37.7 Å². The molecule has 1 aromatic carbocycles. The third-order valence-corrected chi connectivity index (χ3v) is 4.70. The number of para-hydroxylation sites is 2. The van der Waals surface area contributed by atoms with E-state index >= 15 is 0 Å². The summed E-state index contributed by atoms with van der Waals surface area (Å²) in [7, 11) is 0. The van der Waals surface area contributed by atoms with Crippen LogP contribution in [0.5, 0.6) is 0 Å². The van der Waals surface area contributed by atoms with E-state index in [2.05, 4.69) is 10.6 Å². The number of benzene rings is 1. The molecule has 2 aliphatic rings. The number of hydrogen-bond donors (Lipinski definition) is 2. The molecule has 1 aromatic rings. The molecule has 0 aromatic heterocycles. The second kappa shape index (κ2) is 6.95. The number of anilines is 1. The second-order valence-electron chi connectivity index (χ2n) is 6.13. The fourth-order valence-electron chi connectivity index (χ4n) is 3.61. The first kappa shape index (κ1) is 15.7. The van der Waals surface area contributed by atoms with Crippen molar-refractivity contribution in [1.29, 1.82) is 0 Å². The number of amides is 1. The minimum atomic E-state index is -0.412. The van der Waals surface area contributed by atoms with E-state index in [1.807, 2.05) is 4.90 Å². The maximum absolute atomic E-state index is 12.5. The number of carbonyl (C=O) groups is 1. The van der Waals surface area contributed by atoms with E-state index in [0.29, 0.717) is 30.7 Å². The Morgan fingerprint density at radius 1 is 1.30 bits per heavy atom. The van der Waals surface area contributed by atoms with Crippen molar-refractivity contribution in [2.75, 3.05) is 25.0 Å². The SMILES string of the molecule is O=C(CCNc1ccccc1[N+](=O)[O-])N1C2CCNCC1CC2. The van der Waals surface area contributed by atoms with Crippen LogP contribution < -0.4 is 10.6 Å². The topological polar surface area (TPSA) is 87.5 Å². The molecule has 2 aliphatic heterocycles. The van der Waals surface area contributed by atoms with Gasteiger partial charge in [-0.25, -0.2) is 0 Å². The van der Waals surface area contributed by atoms with Gasteiger partial charge in [0.05, 0.1) is 4.92 Å². The van der Waals surface area contributed by atoms with Crippen molar-refractivity contribution in [1.82, 2.24) is 10.2 Å². The molecule has 2 N–H and O–H groups in total. The number of hydrogen-bond acceptors (Lipinski definition) is 5. The van der Waals surface area contributed by atoms with Crippen LogP contribution in [0, 0.1) is 10.1 Å². The monoisotopic (exact) mass is 318 g/mol. The number of carbonyl (C=O) groups excluding carboxylic acids is 1. The molecule has 124 valence electrons. The summed E-state index contributed by atoms with van der Waals surface area (Å²) in [6, 6.07) is 7.18. The molecule has 0 saturated carbocycles. The van der Waals surface area contributed by atoms with Gasteiger partial charge in [-0.1, -0.05) is 12.1 Å². The summed E-state index contributed by atoms with van der Waals surface area (Å²) in [5, 5.41) is 17.4. The number of nitro benzene ring substituents is 1. The summed E-state index contributed by atoms with van der Waals surface area (Å²) in [6.07, 6.45) is 3.54. The molecule has 0 spiro atoms. The number of nitrogens with zero attached hydrogens (tertiary/aromatic N) is 2. The van der Waals surface area contributed by atoms with Gasteiger partial charge in [-0.3, -0.25) is 14.9 Å². The molecular weight excluding hydrogens is 296 g/mol. The van der Waals surface area contributed by atoms with Crippen molar-refractivity contribution in [2.24, 2.45) is 0 Å². The Balaban J connectivity index is 1.57. The Labute approximate surface area is 135 Å². The zero-order valence-electron chi connectivity index (χ0n) is 13.0. The van der Waals surface area contributed by atoms with Crippen LogP contribution in [-0.4, -0.2) is 47.4 Å². The lowest BCUT2D eigenvalue weighted by Crippen LogP contribution is -2.43. The Kier molecular flexibility index (Phi) is 4.76. The molecule has 3 rings (SSSR count). The zero-order chi connectivity index (χ0) is 16.2. The molecular formula is C16H22N4O3. The standard InChI is InChI=1S/C16H22N4O3/c21-16(19-12-5-6-13(19)11-17-9-7-12)8-10-18-14-3-1-2-4-15(14)20(22)23/h1-4,12-13,17-18H,5-11H2. The van der Waals surface area contributed by atoms with Crippen LogP contribution in [0.3, 0.4) is 0 Å². The fourth-order valence-corrected chi connectivity index (χ4v) is 3.61. The molecule has 2 bridgehead atoms. The lowest BCUT2D eigenvalue weighted by molar-refractivity contribution is -0.384. The first-order valence-electron chi connectivity index (χ1n) is 8.16. The molecule has 0 radical (unpaired) electrons. The minimum Gasteiger partial charge on any atom is -0.379 e. The van der Waals surface area contributed by atoms with Crippen LogP contribution in [0.15, 0.2) is 24.3 Å². The second-order valence-corrected chi connectivity index (χ2v) is 6.13. The van der Waals surface area contributed by atoms with Gasteiger partial charge in [0.15, 0.2) is 0 Å². The van der Waals surface area contributed by atoms with Crippen LogP contribution in [-0.2, 0) is 4.79 Å². The zero-order valence-corrected chi connectivity index (χ0v) is 13.0. The van der Waals surface area contributed by atoms with Crippen LogP contribution in [0.4, 0.5) is 11.4 Å². The van der Waals surface area contributed by atoms with Gasteiger partial charge in [0.1, 0.15) is 5.69 Å². The smallest absolute Gasteiger partial charge is 0.292 e. The van der Waals surface area contributed by atoms with E-state index in [9.17, 15) is 14.9 Å². The first-order valence-corrected chi connectivity index (χ1v) is 8.16. The van der Waals surface area contributed by atoms with Gasteiger partial charge in [-0.15, -0.1) is 0 Å². The van der Waals surface area contributed by atoms with Gasteiger partial charge >= 0.3 is 0 Å². The van der Waals surface area contributed by atoms with E-state index in [4.69, 9.17) is 0 Å². The lowest BCUT2D eigenvalue weighted by atomic mass is 10.1. The molecule has 2 saturated heterocycles. The minimum absolute atomic E-state index is 0.0407. The summed E-state index contributed by atoms with van der Waals surface area (Å²) in [5.74, 6) is 0.146. The highest BCUT2D eigenvalue weighted by molar-refractivity contribution is 5.78. The number of fused-ring (bicyclic) bond motifs is 2. The lowest BCUT2D eigenvalue weighted by Gasteiger charge is -2.28. The first-order chi connectivity index (χ1) is 11.2. The maximum atomic E-state index is 12.5. The number of nitrogens with one attached hydrogen (secondary N) is 2. The summed E-state index contributed by atoms with van der Waals surface area (Å²) in [5.41, 5.74) is 0.504. The summed E-state index contributed by atoms with van der Waals surface area (Å²) >= 11 is 0. The van der Waals surface area contributed by atoms with Crippen LogP contribution in [0.2, 0.25) is 0 Å². The Morgan fingerprint density at radius 3 is 2.91 bits per heavy atom. The molecule has 23 heavy (non-hydrogen) atoms. The van der Waals surface area contributed by atoms with Crippen molar-refractivity contribution in [3.63, 3.8) is 0 Å². The Hall–Kier alpha value is -2.15. The molecule has 2 heterocycles. The van der Waals surface area contributed by atoms with Crippen molar-refractivity contribution in [3.05, 3.63) is 34.4 Å². The van der Waals surface area contributed by atoms with E-state index in [0.717, 1.165) is 32.4 Å². The van der Waals surface area contributed by atoms with Gasteiger partial charge in [-0.05, 0) is 31.9 Å². The third-order valence-electron chi connectivity index (χ3n) is 4.70. The highest BCUT2D eigenvalue weighted by atomic mass is 16.6. The van der Waals surface area contributed by atoms with E-state index < -0.39 is 4.92 Å². The fraction of sp³-hybridized carbons (Fsp3) is 0.562. The van der Waals surface area contributed by atoms with Gasteiger partial charge in [0.25, 0.3) is 5.69 Å². The predicted molar refractivity (Wildman–Crippen MR) is 87.3 cm³/mol. The van der Waals surface area contributed by atoms with Crippen LogP contribution in [0.25, 0.3) is 0 Å². The molecule has 1 amide bonds. The van der Waals surface area contributed by atoms with E-state index in [1.54, 1.807) is 18.2 Å². The molecule has 2 unspecified atom stereocenters. The van der Waals surface area contributed by atoms with Gasteiger partial charge < -0.3 is 15.5 Å². The summed E-state index contributed by atoms with van der Waals surface area (Å²) in [6.45, 7) is 2.26. The van der Waals surface area contributed by atoms with Crippen molar-refractivity contribution >= 4 is 17.3 Å². The van der Waals surface area contributed by atoms with E-state index in [1.165, 1.54) is 6.07 Å². The van der Waals surface area contributed by atoms with Gasteiger partial charge in [-0.2, -0.15) is 0 Å². The Morgan fingerprint density at radius 2 is 2.09 bits per heavy atom. The van der Waals surface area contributed by atoms with Crippen LogP contribution >= 0.6 is 0 Å². The number of rotatable bonds is 5. The third kappa shape index (κ3) is 3.44. The molecule has 7 nitrogen and oxygen atoms in total. The summed E-state index contributed by atoms with van der Waals surface area (Å²) in [4.78, 5) is 25.2. The highest BCUT2D eigenvalue weighted by Crippen LogP contribution is 2.28. The van der Waals surface area contributed by atoms with Crippen molar-refractivity contribution in [3.8, 4) is 0 Å². The molecule has 7 heteroatoms. The van der Waals surface area contributed by atoms with E-state index in [-0.39, 0.29) is 11.6 Å². The van der Waals surface area contributed by atoms with Crippen molar-refractivity contribution in [2.45, 2.75) is 37.8 Å². The normalized spacial score (nSPS) is 23.4. The average Bonchev–Trinajstić information content (AvgIpc) is 2.80. The van der Waals surface area contributed by atoms with Crippen LogP contribution in [0.1, 0.15) is 25.7 Å². The molecule has 0 aliphatic carbocycles. The molecule has 2 atom stereocenters. The van der Waals surface area contributed by atoms with Gasteiger partial charge in [0.2, 0.25) is 5.91 Å². The quantitative estimate of drug-likeness (QED) is 0.638. The predicted octanol–water partition coefficient (Wildman–Crippen LogP) is 1.75. The summed E-state index contributed by atoms with van der Waals surface area (Å²) < 4.78 is 0.